The first-order valence-electron chi connectivity index (χ1n) is 8.89. The van der Waals surface area contributed by atoms with Gasteiger partial charge < -0.3 is 10.1 Å². The van der Waals surface area contributed by atoms with Gasteiger partial charge in [-0.15, -0.1) is 11.3 Å². The molecule has 12 heteroatoms. The molecule has 0 unspecified atom stereocenters. The number of amides is 1. The van der Waals surface area contributed by atoms with E-state index in [1.165, 1.54) is 30.6 Å². The van der Waals surface area contributed by atoms with E-state index in [0.717, 1.165) is 6.07 Å². The molecule has 3 heterocycles. The molecule has 4 aromatic rings. The van der Waals surface area contributed by atoms with E-state index in [9.17, 15) is 22.8 Å². The van der Waals surface area contributed by atoms with E-state index in [1.54, 1.807) is 29.6 Å². The third-order valence-corrected chi connectivity index (χ3v) is 5.63. The van der Waals surface area contributed by atoms with Crippen molar-refractivity contribution in [3.8, 4) is 10.6 Å². The number of fused-ring (bicyclic) bond motifs is 1. The lowest BCUT2D eigenvalue weighted by atomic mass is 10.1. The zero-order valence-electron chi connectivity index (χ0n) is 16.1. The summed E-state index contributed by atoms with van der Waals surface area (Å²) in [5.74, 6) is -1.62. The minimum absolute atomic E-state index is 0.0459. The number of halogens is 4. The Kier molecular flexibility index (Phi) is 5.61. The number of rotatable bonds is 4. The predicted octanol–water partition coefficient (Wildman–Crippen LogP) is 5.17. The summed E-state index contributed by atoms with van der Waals surface area (Å²) in [5.41, 5.74) is -1.76. The van der Waals surface area contributed by atoms with Crippen LogP contribution in [0.15, 0.2) is 47.8 Å². The van der Waals surface area contributed by atoms with E-state index in [2.05, 4.69) is 20.1 Å². The van der Waals surface area contributed by atoms with E-state index in [-0.39, 0.29) is 27.6 Å². The third kappa shape index (κ3) is 3.92. The second-order valence-electron chi connectivity index (χ2n) is 6.39. The minimum atomic E-state index is -4.78. The molecule has 0 radical (unpaired) electrons. The van der Waals surface area contributed by atoms with Crippen molar-refractivity contribution in [3.05, 3.63) is 69.8 Å². The summed E-state index contributed by atoms with van der Waals surface area (Å²) in [5, 5.41) is 7.55. The molecule has 164 valence electrons. The number of hydrogen-bond acceptors (Lipinski definition) is 6. The highest BCUT2D eigenvalue weighted by Gasteiger charge is 2.37. The molecule has 4 rings (SSSR count). The third-order valence-electron chi connectivity index (χ3n) is 4.39. The first-order valence-corrected chi connectivity index (χ1v) is 10.2. The number of hydrogen-bond donors (Lipinski definition) is 1. The number of methoxy groups -OCH3 is 1. The lowest BCUT2D eigenvalue weighted by molar-refractivity contribution is -0.142. The Morgan fingerprint density at radius 2 is 1.94 bits per heavy atom. The topological polar surface area (TPSA) is 85.6 Å². The Morgan fingerprint density at radius 3 is 2.59 bits per heavy atom. The minimum Gasteiger partial charge on any atom is -0.465 e. The average molecular weight is 481 g/mol. The highest BCUT2D eigenvalue weighted by atomic mass is 35.5. The molecule has 1 aromatic carbocycles. The highest BCUT2D eigenvalue weighted by Crippen LogP contribution is 2.35. The van der Waals surface area contributed by atoms with E-state index in [4.69, 9.17) is 11.6 Å². The number of anilines is 1. The number of carbonyl (C=O) groups excluding carboxylic acids is 2. The summed E-state index contributed by atoms with van der Waals surface area (Å²) >= 11 is 7.45. The van der Waals surface area contributed by atoms with Crippen LogP contribution in [0.1, 0.15) is 26.5 Å². The van der Waals surface area contributed by atoms with Gasteiger partial charge in [-0.25, -0.2) is 14.3 Å². The van der Waals surface area contributed by atoms with Crippen LogP contribution in [0.2, 0.25) is 5.02 Å². The van der Waals surface area contributed by atoms with E-state index >= 15 is 0 Å². The Bertz CT molecular complexity index is 1340. The molecule has 0 aliphatic heterocycles. The molecular weight excluding hydrogens is 469 g/mol. The van der Waals surface area contributed by atoms with Crippen LogP contribution in [-0.2, 0) is 10.9 Å². The summed E-state index contributed by atoms with van der Waals surface area (Å²) < 4.78 is 46.3. The molecule has 0 fully saturated rings. The largest absolute Gasteiger partial charge is 0.465 e. The predicted molar refractivity (Wildman–Crippen MR) is 112 cm³/mol. The van der Waals surface area contributed by atoms with Crippen molar-refractivity contribution in [1.82, 2.24) is 14.6 Å². The van der Waals surface area contributed by atoms with Crippen molar-refractivity contribution in [2.75, 3.05) is 12.4 Å². The zero-order chi connectivity index (χ0) is 23.0. The van der Waals surface area contributed by atoms with Crippen LogP contribution >= 0.6 is 22.9 Å². The van der Waals surface area contributed by atoms with Crippen molar-refractivity contribution < 1.29 is 27.5 Å². The van der Waals surface area contributed by atoms with Gasteiger partial charge in [-0.3, -0.25) is 4.79 Å². The van der Waals surface area contributed by atoms with Gasteiger partial charge in [-0.05, 0) is 29.6 Å². The van der Waals surface area contributed by atoms with E-state index < -0.39 is 29.4 Å². The van der Waals surface area contributed by atoms with Crippen LogP contribution in [0.5, 0.6) is 0 Å². The van der Waals surface area contributed by atoms with Gasteiger partial charge in [0, 0.05) is 0 Å². The lowest BCUT2D eigenvalue weighted by Crippen LogP contribution is -2.17. The molecule has 0 aliphatic rings. The van der Waals surface area contributed by atoms with Crippen LogP contribution in [0.4, 0.5) is 18.9 Å². The van der Waals surface area contributed by atoms with Gasteiger partial charge in [0.2, 0.25) is 0 Å². The number of nitrogens with one attached hydrogen (secondary N) is 1. The number of aromatic nitrogens is 3. The molecule has 0 saturated carbocycles. The number of para-hydroxylation sites is 1. The fraction of sp³-hybridized carbons (Fsp3) is 0.100. The average Bonchev–Trinajstić information content (AvgIpc) is 3.41. The van der Waals surface area contributed by atoms with Crippen LogP contribution in [0.3, 0.4) is 0 Å². The van der Waals surface area contributed by atoms with Gasteiger partial charge >= 0.3 is 12.1 Å². The summed E-state index contributed by atoms with van der Waals surface area (Å²) in [4.78, 5) is 29.4. The smallest absolute Gasteiger partial charge is 0.433 e. The number of esters is 1. The van der Waals surface area contributed by atoms with Crippen molar-refractivity contribution >= 4 is 46.1 Å². The molecule has 32 heavy (non-hydrogen) atoms. The summed E-state index contributed by atoms with van der Waals surface area (Å²) in [6, 6.07) is 10.1. The number of nitrogens with zero attached hydrogens (tertiary/aromatic N) is 3. The first kappa shape index (κ1) is 21.8. The van der Waals surface area contributed by atoms with Gasteiger partial charge in [-0.1, -0.05) is 29.8 Å². The summed E-state index contributed by atoms with van der Waals surface area (Å²) in [6.45, 7) is 0. The normalized spacial score (nSPS) is 11.5. The van der Waals surface area contributed by atoms with Crippen molar-refractivity contribution in [2.24, 2.45) is 0 Å². The van der Waals surface area contributed by atoms with Gasteiger partial charge in [0.05, 0.1) is 28.9 Å². The molecule has 1 N–H and O–H groups in total. The zero-order valence-corrected chi connectivity index (χ0v) is 17.7. The molecule has 0 aliphatic carbocycles. The standard InChI is InChI=1S/C20H12ClF3N4O3S/c1-31-19(30)10-5-2-3-6-11(10)26-18(29)16-15(21)17-25-12(13-7-4-8-32-13)9-14(20(22,23)24)28(17)27-16/h2-9H,1H3,(H,26,29). The fourth-order valence-corrected chi connectivity index (χ4v) is 3.88. The quantitative estimate of drug-likeness (QED) is 0.407. The number of carbonyl (C=O) groups is 2. The molecule has 0 atom stereocenters. The molecule has 0 saturated heterocycles. The van der Waals surface area contributed by atoms with Crippen LogP contribution in [0, 0.1) is 0 Å². The SMILES string of the molecule is COC(=O)c1ccccc1NC(=O)c1nn2c(C(F)(F)F)cc(-c3cccs3)nc2c1Cl. The Hall–Kier alpha value is -3.44. The van der Waals surface area contributed by atoms with Crippen molar-refractivity contribution in [2.45, 2.75) is 6.18 Å². The van der Waals surface area contributed by atoms with Crippen molar-refractivity contribution in [1.29, 1.82) is 0 Å². The number of alkyl halides is 3. The van der Waals surface area contributed by atoms with E-state index in [0.29, 0.717) is 9.39 Å². The molecule has 3 aromatic heterocycles. The van der Waals surface area contributed by atoms with Crippen LogP contribution in [0.25, 0.3) is 16.2 Å². The molecule has 1 amide bonds. The maximum absolute atomic E-state index is 13.7. The second-order valence-corrected chi connectivity index (χ2v) is 7.72. The molecule has 0 spiro atoms. The van der Waals surface area contributed by atoms with Gasteiger partial charge in [0.25, 0.3) is 5.91 Å². The Balaban J connectivity index is 1.82. The van der Waals surface area contributed by atoms with Gasteiger partial charge in [-0.2, -0.15) is 18.3 Å². The lowest BCUT2D eigenvalue weighted by Gasteiger charge is -2.10. The maximum atomic E-state index is 13.7. The first-order chi connectivity index (χ1) is 15.2. The summed E-state index contributed by atoms with van der Waals surface area (Å²) in [7, 11) is 1.18. The highest BCUT2D eigenvalue weighted by molar-refractivity contribution is 7.13. The summed E-state index contributed by atoms with van der Waals surface area (Å²) in [6.07, 6.45) is -4.78. The van der Waals surface area contributed by atoms with Crippen LogP contribution in [-0.4, -0.2) is 33.6 Å². The van der Waals surface area contributed by atoms with E-state index in [1.807, 2.05) is 0 Å². The number of ether oxygens (including phenoxy) is 1. The number of thiophene rings is 1. The van der Waals surface area contributed by atoms with Crippen LogP contribution < -0.4 is 5.32 Å². The second kappa shape index (κ2) is 8.24. The fourth-order valence-electron chi connectivity index (χ4n) is 2.95. The van der Waals surface area contributed by atoms with Gasteiger partial charge in [0.15, 0.2) is 17.0 Å². The molecule has 7 nitrogen and oxygen atoms in total. The Labute approximate surface area is 187 Å². The number of benzene rings is 1. The molecular formula is C20H12ClF3N4O3S. The monoisotopic (exact) mass is 480 g/mol. The maximum Gasteiger partial charge on any atom is 0.433 e. The molecule has 0 bridgehead atoms. The Morgan fingerprint density at radius 1 is 1.19 bits per heavy atom. The van der Waals surface area contributed by atoms with Gasteiger partial charge in [0.1, 0.15) is 5.02 Å². The van der Waals surface area contributed by atoms with Crippen molar-refractivity contribution in [3.63, 3.8) is 0 Å².